The molecule has 0 bridgehead atoms. The zero-order valence-electron chi connectivity index (χ0n) is 16.5. The molecule has 2 aromatic heterocycles. The summed E-state index contributed by atoms with van der Waals surface area (Å²) in [4.78, 5) is 17.7. The minimum Gasteiger partial charge on any atom is -0.335 e. The molecule has 3 heterocycles. The molecule has 30 heavy (non-hydrogen) atoms. The first kappa shape index (κ1) is 20.0. The van der Waals surface area contributed by atoms with Crippen LogP contribution in [-0.4, -0.2) is 46.8 Å². The summed E-state index contributed by atoms with van der Waals surface area (Å²) < 4.78 is 40.9. The van der Waals surface area contributed by atoms with Gasteiger partial charge in [-0.1, -0.05) is 0 Å². The van der Waals surface area contributed by atoms with Crippen LogP contribution in [0.2, 0.25) is 0 Å². The second-order valence-electron chi connectivity index (χ2n) is 7.14. The van der Waals surface area contributed by atoms with Gasteiger partial charge in [0.1, 0.15) is 17.3 Å². The minimum absolute atomic E-state index is 0.0362. The van der Waals surface area contributed by atoms with Crippen molar-refractivity contribution in [3.05, 3.63) is 54.1 Å². The van der Waals surface area contributed by atoms with Crippen LogP contribution in [0.4, 0.5) is 10.2 Å². The highest BCUT2D eigenvalue weighted by molar-refractivity contribution is 7.92. The summed E-state index contributed by atoms with van der Waals surface area (Å²) in [7, 11) is -3.50. The highest BCUT2D eigenvalue weighted by Gasteiger charge is 2.27. The smallest absolute Gasteiger partial charge is 0.230 e. The number of aromatic nitrogens is 3. The lowest BCUT2D eigenvalue weighted by Crippen LogP contribution is -2.37. The highest BCUT2D eigenvalue weighted by atomic mass is 32.2. The molecule has 1 N–H and O–H groups in total. The number of hydrogen-bond donors (Lipinski definition) is 1. The lowest BCUT2D eigenvalue weighted by molar-refractivity contribution is -0.130. The Morgan fingerprint density at radius 3 is 2.53 bits per heavy atom. The van der Waals surface area contributed by atoms with Crippen molar-refractivity contribution in [1.29, 1.82) is 0 Å². The normalized spacial score (nSPS) is 13.8. The minimum atomic E-state index is -3.50. The number of nitrogens with one attached hydrogen (secondary N) is 1. The zero-order valence-corrected chi connectivity index (χ0v) is 17.3. The van der Waals surface area contributed by atoms with Crippen LogP contribution < -0.4 is 4.72 Å². The first-order valence-corrected chi connectivity index (χ1v) is 11.2. The molecule has 0 aliphatic carbocycles. The fourth-order valence-corrected chi connectivity index (χ4v) is 4.02. The molecule has 1 amide bonds. The quantitative estimate of drug-likeness (QED) is 0.687. The van der Waals surface area contributed by atoms with E-state index in [0.717, 1.165) is 23.1 Å². The molecular formula is C20H20FN5O3S. The summed E-state index contributed by atoms with van der Waals surface area (Å²) >= 11 is 0. The molecule has 0 unspecified atom stereocenters. The van der Waals surface area contributed by atoms with E-state index in [9.17, 15) is 17.6 Å². The molecule has 4 rings (SSSR count). The van der Waals surface area contributed by atoms with Crippen molar-refractivity contribution in [3.8, 4) is 22.4 Å². The molecule has 0 saturated heterocycles. The van der Waals surface area contributed by atoms with E-state index >= 15 is 0 Å². The zero-order chi connectivity index (χ0) is 21.5. The molecule has 0 atom stereocenters. The Hall–Kier alpha value is -3.27. The van der Waals surface area contributed by atoms with E-state index in [4.69, 9.17) is 5.10 Å². The van der Waals surface area contributed by atoms with Crippen molar-refractivity contribution >= 4 is 21.7 Å². The predicted octanol–water partition coefficient (Wildman–Crippen LogP) is 2.48. The lowest BCUT2D eigenvalue weighted by Gasteiger charge is -2.27. The maximum atomic E-state index is 13.5. The molecular weight excluding hydrogens is 409 g/mol. The molecule has 3 aromatic rings. The third kappa shape index (κ3) is 4.04. The number of rotatable bonds is 4. The highest BCUT2D eigenvalue weighted by Crippen LogP contribution is 2.37. The number of amides is 1. The summed E-state index contributed by atoms with van der Waals surface area (Å²) in [5, 5.41) is 4.72. The van der Waals surface area contributed by atoms with E-state index in [1.807, 2.05) is 4.68 Å². The van der Waals surface area contributed by atoms with Crippen molar-refractivity contribution < 1.29 is 17.6 Å². The number of halogens is 1. The third-order valence-corrected chi connectivity index (χ3v) is 5.46. The summed E-state index contributed by atoms with van der Waals surface area (Å²) in [6.45, 7) is 2.97. The maximum absolute atomic E-state index is 13.5. The first-order chi connectivity index (χ1) is 14.2. The van der Waals surface area contributed by atoms with Gasteiger partial charge in [0, 0.05) is 30.8 Å². The summed E-state index contributed by atoms with van der Waals surface area (Å²) in [6, 6.07) is 9.40. The average Bonchev–Trinajstić information content (AvgIpc) is 3.06. The van der Waals surface area contributed by atoms with E-state index in [-0.39, 0.29) is 17.5 Å². The average molecular weight is 429 g/mol. The Balaban J connectivity index is 1.89. The van der Waals surface area contributed by atoms with Gasteiger partial charge in [-0.2, -0.15) is 5.10 Å². The van der Waals surface area contributed by atoms with Gasteiger partial charge in [0.15, 0.2) is 0 Å². The van der Waals surface area contributed by atoms with Crippen molar-refractivity contribution in [2.24, 2.45) is 0 Å². The first-order valence-electron chi connectivity index (χ1n) is 9.26. The van der Waals surface area contributed by atoms with Gasteiger partial charge in [-0.05, 0) is 42.0 Å². The van der Waals surface area contributed by atoms with E-state index in [1.54, 1.807) is 29.2 Å². The molecule has 1 aromatic carbocycles. The van der Waals surface area contributed by atoms with E-state index in [1.165, 1.54) is 25.3 Å². The Kier molecular flexibility index (Phi) is 5.02. The molecule has 10 heteroatoms. The Morgan fingerprint density at radius 2 is 1.87 bits per heavy atom. The number of hydrogen-bond acceptors (Lipinski definition) is 5. The van der Waals surface area contributed by atoms with Gasteiger partial charge in [-0.25, -0.2) is 17.8 Å². The number of fused-ring (bicyclic) bond motifs is 1. The van der Waals surface area contributed by atoms with E-state index in [2.05, 4.69) is 9.71 Å². The van der Waals surface area contributed by atoms with E-state index < -0.39 is 10.0 Å². The van der Waals surface area contributed by atoms with E-state index in [0.29, 0.717) is 30.9 Å². The van der Waals surface area contributed by atoms with Crippen LogP contribution in [0.1, 0.15) is 12.6 Å². The Bertz CT molecular complexity index is 1220. The number of carbonyl (C=O) groups excluding carboxylic acids is 1. The number of anilines is 1. The van der Waals surface area contributed by atoms with Gasteiger partial charge >= 0.3 is 0 Å². The molecule has 1 aliphatic heterocycles. The standard InChI is InChI=1S/C20H20FN5O3S/c1-13(27)25-9-10-26-17(12-25)19(20(23-26)14-3-5-16(21)6-4-14)15-7-8-22-18(11-15)24-30(2,28)29/h3-8,11H,9-10,12H2,1-2H3,(H,22,24). The van der Waals surface area contributed by atoms with Crippen LogP contribution in [0.3, 0.4) is 0 Å². The largest absolute Gasteiger partial charge is 0.335 e. The number of sulfonamides is 1. The molecule has 1 aliphatic rings. The molecule has 8 nitrogen and oxygen atoms in total. The van der Waals surface area contributed by atoms with Crippen LogP contribution in [0.5, 0.6) is 0 Å². The van der Waals surface area contributed by atoms with Crippen molar-refractivity contribution in [3.63, 3.8) is 0 Å². The molecule has 0 radical (unpaired) electrons. The van der Waals surface area contributed by atoms with Crippen molar-refractivity contribution in [2.45, 2.75) is 20.0 Å². The SMILES string of the molecule is CC(=O)N1CCn2nc(-c3ccc(F)cc3)c(-c3ccnc(NS(C)(=O)=O)c3)c2C1. The van der Waals surface area contributed by atoms with Gasteiger partial charge in [-0.15, -0.1) is 0 Å². The van der Waals surface area contributed by atoms with Crippen molar-refractivity contribution in [1.82, 2.24) is 19.7 Å². The molecule has 0 spiro atoms. The molecule has 0 fully saturated rings. The second kappa shape index (κ2) is 7.52. The fraction of sp³-hybridized carbons (Fsp3) is 0.250. The van der Waals surface area contributed by atoms with Gasteiger partial charge in [-0.3, -0.25) is 14.2 Å². The predicted molar refractivity (Wildman–Crippen MR) is 110 cm³/mol. The number of benzene rings is 1. The van der Waals surface area contributed by atoms with Crippen molar-refractivity contribution in [2.75, 3.05) is 17.5 Å². The summed E-state index contributed by atoms with van der Waals surface area (Å²) in [5.41, 5.74) is 3.63. The molecule has 156 valence electrons. The second-order valence-corrected chi connectivity index (χ2v) is 8.89. The monoisotopic (exact) mass is 429 g/mol. The molecule has 0 saturated carbocycles. The van der Waals surface area contributed by atoms with Gasteiger partial charge < -0.3 is 4.90 Å². The Labute approximate surface area is 173 Å². The van der Waals surface area contributed by atoms with Gasteiger partial charge in [0.05, 0.1) is 25.0 Å². The van der Waals surface area contributed by atoms with Gasteiger partial charge in [0.25, 0.3) is 0 Å². The van der Waals surface area contributed by atoms with Crippen LogP contribution in [0, 0.1) is 5.82 Å². The number of pyridine rings is 1. The topological polar surface area (TPSA) is 97.2 Å². The van der Waals surface area contributed by atoms with Crippen LogP contribution in [0.15, 0.2) is 42.6 Å². The van der Waals surface area contributed by atoms with Gasteiger partial charge in [0.2, 0.25) is 15.9 Å². The van der Waals surface area contributed by atoms with Crippen LogP contribution in [0.25, 0.3) is 22.4 Å². The maximum Gasteiger partial charge on any atom is 0.230 e. The summed E-state index contributed by atoms with van der Waals surface area (Å²) in [5.74, 6) is -0.208. The Morgan fingerprint density at radius 1 is 1.13 bits per heavy atom. The summed E-state index contributed by atoms with van der Waals surface area (Å²) in [6.07, 6.45) is 2.56. The fourth-order valence-electron chi connectivity index (χ4n) is 3.53. The number of nitrogens with zero attached hydrogens (tertiary/aromatic N) is 4. The third-order valence-electron chi connectivity index (χ3n) is 4.88. The lowest BCUT2D eigenvalue weighted by atomic mass is 9.98. The number of carbonyl (C=O) groups is 1. The van der Waals surface area contributed by atoms with Crippen LogP contribution in [-0.2, 0) is 27.9 Å². The van der Waals surface area contributed by atoms with Crippen LogP contribution >= 0.6 is 0 Å².